The fourth-order valence-electron chi connectivity index (χ4n) is 4.48. The minimum Gasteiger partial charge on any atom is -0.497 e. The molecule has 2 aliphatic heterocycles. The van der Waals surface area contributed by atoms with Crippen molar-refractivity contribution in [2.24, 2.45) is 0 Å². The number of nitrogens with one attached hydrogen (secondary N) is 2. The van der Waals surface area contributed by atoms with Crippen molar-refractivity contribution in [1.29, 1.82) is 0 Å². The Morgan fingerprint density at radius 2 is 1.69 bits per heavy atom. The minimum absolute atomic E-state index is 0.145. The molecule has 10 heteroatoms. The number of ether oxygens (including phenoxy) is 2. The molecule has 1 atom stereocenters. The lowest BCUT2D eigenvalue weighted by Crippen LogP contribution is -2.51. The monoisotopic (exact) mass is 485 g/mol. The van der Waals surface area contributed by atoms with Crippen molar-refractivity contribution >= 4 is 17.5 Å². The van der Waals surface area contributed by atoms with Crippen molar-refractivity contribution in [3.8, 4) is 5.75 Å². The molecule has 2 fully saturated rings. The van der Waals surface area contributed by atoms with Gasteiger partial charge in [0.05, 0.1) is 32.6 Å². The van der Waals surface area contributed by atoms with Crippen LogP contribution in [0.15, 0.2) is 47.1 Å². The van der Waals surface area contributed by atoms with E-state index >= 15 is 0 Å². The molecule has 35 heavy (non-hydrogen) atoms. The molecule has 2 aromatic rings. The van der Waals surface area contributed by atoms with Gasteiger partial charge in [-0.2, -0.15) is 0 Å². The molecule has 2 aliphatic rings. The highest BCUT2D eigenvalue weighted by Gasteiger charge is 2.28. The van der Waals surface area contributed by atoms with E-state index in [9.17, 15) is 9.59 Å². The fourth-order valence-corrected chi connectivity index (χ4v) is 4.48. The molecule has 190 valence electrons. The minimum atomic E-state index is -0.625. The van der Waals surface area contributed by atoms with Crippen LogP contribution < -0.4 is 20.3 Å². The summed E-state index contributed by atoms with van der Waals surface area (Å²) in [6, 6.07) is 11.7. The van der Waals surface area contributed by atoms with E-state index in [1.165, 1.54) is 0 Å². The molecule has 0 unspecified atom stereocenters. The summed E-state index contributed by atoms with van der Waals surface area (Å²) in [6.07, 6.45) is 1.64. The Kier molecular flexibility index (Phi) is 8.99. The molecule has 0 radical (unpaired) electrons. The van der Waals surface area contributed by atoms with E-state index in [-0.39, 0.29) is 6.04 Å². The van der Waals surface area contributed by atoms with Gasteiger partial charge < -0.3 is 29.4 Å². The van der Waals surface area contributed by atoms with Gasteiger partial charge in [-0.05, 0) is 36.4 Å². The zero-order chi connectivity index (χ0) is 24.5. The Hall–Kier alpha value is -3.08. The molecular weight excluding hydrogens is 450 g/mol. The molecule has 2 saturated heterocycles. The number of piperazine rings is 1. The Balaban J connectivity index is 1.26. The van der Waals surface area contributed by atoms with E-state index < -0.39 is 11.8 Å². The van der Waals surface area contributed by atoms with Crippen LogP contribution in [0.25, 0.3) is 0 Å². The molecule has 0 spiro atoms. The second-order valence-electron chi connectivity index (χ2n) is 8.67. The van der Waals surface area contributed by atoms with Crippen molar-refractivity contribution in [2.75, 3.05) is 84.1 Å². The first-order chi connectivity index (χ1) is 17.1. The average Bonchev–Trinajstić information content (AvgIpc) is 3.44. The number of nitrogens with zero attached hydrogens (tertiary/aromatic N) is 3. The second kappa shape index (κ2) is 12.6. The average molecular weight is 486 g/mol. The normalized spacial score (nSPS) is 18.1. The van der Waals surface area contributed by atoms with E-state index in [0.717, 1.165) is 56.5 Å². The summed E-state index contributed by atoms with van der Waals surface area (Å²) in [5, 5.41) is 5.51. The predicted molar refractivity (Wildman–Crippen MR) is 132 cm³/mol. The summed E-state index contributed by atoms with van der Waals surface area (Å²) in [7, 11) is 1.66. The lowest BCUT2D eigenvalue weighted by atomic mass is 10.1. The molecule has 0 aliphatic carbocycles. The molecule has 4 rings (SSSR count). The topological polar surface area (TPSA) is 99.5 Å². The van der Waals surface area contributed by atoms with Crippen molar-refractivity contribution in [3.05, 3.63) is 48.4 Å². The molecule has 1 aromatic carbocycles. The number of benzene rings is 1. The zero-order valence-corrected chi connectivity index (χ0v) is 20.3. The summed E-state index contributed by atoms with van der Waals surface area (Å²) in [4.78, 5) is 31.6. The number of hydrogen-bond donors (Lipinski definition) is 2. The standard InChI is InChI=1S/C25H35N5O5/c1-33-21-6-4-20(5-7-21)29-10-12-30(13-11-29)22(23-3-2-16-35-23)19-27-25(32)24(31)26-8-9-28-14-17-34-18-15-28/h2-7,16,22H,8-15,17-19H2,1H3,(H,26,31)(H,27,32)/t22-/m0/s1. The molecule has 2 amide bonds. The third kappa shape index (κ3) is 6.97. The predicted octanol–water partition coefficient (Wildman–Crippen LogP) is 0.716. The summed E-state index contributed by atoms with van der Waals surface area (Å²) in [5.74, 6) is 0.378. The van der Waals surface area contributed by atoms with Crippen molar-refractivity contribution in [3.63, 3.8) is 0 Å². The lowest BCUT2D eigenvalue weighted by Gasteiger charge is -2.39. The number of amides is 2. The van der Waals surface area contributed by atoms with Gasteiger partial charge in [-0.1, -0.05) is 0 Å². The molecule has 0 bridgehead atoms. The fraction of sp³-hybridized carbons (Fsp3) is 0.520. The van der Waals surface area contributed by atoms with Gasteiger partial charge in [0.1, 0.15) is 11.5 Å². The Morgan fingerprint density at radius 3 is 2.34 bits per heavy atom. The Morgan fingerprint density at radius 1 is 0.971 bits per heavy atom. The zero-order valence-electron chi connectivity index (χ0n) is 20.3. The number of rotatable bonds is 9. The van der Waals surface area contributed by atoms with Crippen LogP contribution in [0.4, 0.5) is 5.69 Å². The van der Waals surface area contributed by atoms with E-state index in [1.54, 1.807) is 13.4 Å². The van der Waals surface area contributed by atoms with Gasteiger partial charge >= 0.3 is 11.8 Å². The van der Waals surface area contributed by atoms with Crippen LogP contribution >= 0.6 is 0 Å². The highest BCUT2D eigenvalue weighted by atomic mass is 16.5. The van der Waals surface area contributed by atoms with E-state index in [2.05, 4.69) is 37.5 Å². The maximum atomic E-state index is 12.4. The molecule has 2 N–H and O–H groups in total. The van der Waals surface area contributed by atoms with Crippen molar-refractivity contribution < 1.29 is 23.5 Å². The number of anilines is 1. The lowest BCUT2D eigenvalue weighted by molar-refractivity contribution is -0.139. The van der Waals surface area contributed by atoms with Gasteiger partial charge in [0.25, 0.3) is 0 Å². The number of furan rings is 1. The third-order valence-electron chi connectivity index (χ3n) is 6.54. The van der Waals surface area contributed by atoms with Crippen LogP contribution in [0.5, 0.6) is 5.75 Å². The highest BCUT2D eigenvalue weighted by Crippen LogP contribution is 2.25. The van der Waals surface area contributed by atoms with Crippen LogP contribution in [-0.4, -0.2) is 101 Å². The summed E-state index contributed by atoms with van der Waals surface area (Å²) >= 11 is 0. The van der Waals surface area contributed by atoms with Gasteiger partial charge in [0, 0.05) is 64.6 Å². The highest BCUT2D eigenvalue weighted by molar-refractivity contribution is 6.35. The summed E-state index contributed by atoms with van der Waals surface area (Å²) in [6.45, 7) is 7.84. The Bertz CT molecular complexity index is 922. The maximum absolute atomic E-state index is 12.4. The van der Waals surface area contributed by atoms with Gasteiger partial charge in [-0.3, -0.25) is 19.4 Å². The SMILES string of the molecule is COc1ccc(N2CCN([C@@H](CNC(=O)C(=O)NCCN3CCOCC3)c3ccco3)CC2)cc1. The van der Waals surface area contributed by atoms with E-state index in [4.69, 9.17) is 13.9 Å². The van der Waals surface area contributed by atoms with Gasteiger partial charge in [0.15, 0.2) is 0 Å². The largest absolute Gasteiger partial charge is 0.497 e. The number of methoxy groups -OCH3 is 1. The Labute approximate surface area is 206 Å². The van der Waals surface area contributed by atoms with E-state index in [1.807, 2.05) is 24.3 Å². The third-order valence-corrected chi connectivity index (χ3v) is 6.54. The molecule has 1 aromatic heterocycles. The molecule has 0 saturated carbocycles. The van der Waals surface area contributed by atoms with Crippen LogP contribution in [0.1, 0.15) is 11.8 Å². The van der Waals surface area contributed by atoms with Gasteiger partial charge in [0.2, 0.25) is 0 Å². The number of carbonyl (C=O) groups excluding carboxylic acids is 2. The molecule has 3 heterocycles. The summed E-state index contributed by atoms with van der Waals surface area (Å²) < 4.78 is 16.3. The first kappa shape index (κ1) is 25.0. The number of morpholine rings is 1. The summed E-state index contributed by atoms with van der Waals surface area (Å²) in [5.41, 5.74) is 1.15. The van der Waals surface area contributed by atoms with Gasteiger partial charge in [-0.15, -0.1) is 0 Å². The van der Waals surface area contributed by atoms with Crippen LogP contribution in [0.2, 0.25) is 0 Å². The van der Waals surface area contributed by atoms with E-state index in [0.29, 0.717) is 32.8 Å². The molecular formula is C25H35N5O5. The van der Waals surface area contributed by atoms with Crippen LogP contribution in [0, 0.1) is 0 Å². The first-order valence-corrected chi connectivity index (χ1v) is 12.2. The van der Waals surface area contributed by atoms with Gasteiger partial charge in [-0.25, -0.2) is 0 Å². The maximum Gasteiger partial charge on any atom is 0.309 e. The second-order valence-corrected chi connectivity index (χ2v) is 8.67. The first-order valence-electron chi connectivity index (χ1n) is 12.2. The molecule has 10 nitrogen and oxygen atoms in total. The van der Waals surface area contributed by atoms with Crippen LogP contribution in [0.3, 0.4) is 0 Å². The number of hydrogen-bond acceptors (Lipinski definition) is 8. The quantitative estimate of drug-likeness (QED) is 0.502. The smallest absolute Gasteiger partial charge is 0.309 e. The van der Waals surface area contributed by atoms with Crippen LogP contribution in [-0.2, 0) is 14.3 Å². The van der Waals surface area contributed by atoms with Crippen molar-refractivity contribution in [1.82, 2.24) is 20.4 Å². The van der Waals surface area contributed by atoms with Crippen molar-refractivity contribution in [2.45, 2.75) is 6.04 Å². The number of carbonyl (C=O) groups is 2.